The van der Waals surface area contributed by atoms with Crippen LogP contribution < -0.4 is 4.74 Å². The largest absolute Gasteiger partial charge is 0.506 e. The molecule has 0 amide bonds. The number of Topliss-reactive ketones (excluding diaryl/α,β-unsaturated/α-hetero) is 2. The van der Waals surface area contributed by atoms with Gasteiger partial charge in [0.15, 0.2) is 0 Å². The number of hydrogen-bond acceptors (Lipinski definition) is 4. The molecular formula is C18H14O4. The van der Waals surface area contributed by atoms with Gasteiger partial charge in [-0.1, -0.05) is 36.4 Å². The van der Waals surface area contributed by atoms with Crippen molar-refractivity contribution in [2.24, 2.45) is 0 Å². The van der Waals surface area contributed by atoms with Crippen LogP contribution in [0.5, 0.6) is 5.75 Å². The molecule has 0 heterocycles. The zero-order valence-electron chi connectivity index (χ0n) is 12.0. The van der Waals surface area contributed by atoms with Crippen molar-refractivity contribution in [3.05, 3.63) is 65.2 Å². The number of carbonyl (C=O) groups is 2. The third-order valence-corrected chi connectivity index (χ3v) is 3.55. The third-order valence-electron chi connectivity index (χ3n) is 3.55. The molecule has 1 aliphatic rings. The smallest absolute Gasteiger partial charge is 0.237 e. The minimum atomic E-state index is -0.694. The molecule has 3 rings (SSSR count). The topological polar surface area (TPSA) is 63.6 Å². The number of rotatable bonds is 3. The van der Waals surface area contributed by atoms with Gasteiger partial charge in [-0.15, -0.1) is 0 Å². The van der Waals surface area contributed by atoms with Crippen LogP contribution in [0.15, 0.2) is 48.5 Å². The van der Waals surface area contributed by atoms with Gasteiger partial charge in [-0.25, -0.2) is 0 Å². The summed E-state index contributed by atoms with van der Waals surface area (Å²) in [6.07, 6.45) is 0. The molecule has 4 heteroatoms. The molecule has 0 atom stereocenters. The summed E-state index contributed by atoms with van der Waals surface area (Å²) in [5.74, 6) is -0.789. The number of carbonyl (C=O) groups excluding carboxylic acids is 2. The van der Waals surface area contributed by atoms with Gasteiger partial charge in [0.2, 0.25) is 11.6 Å². The van der Waals surface area contributed by atoms with Gasteiger partial charge in [0.25, 0.3) is 0 Å². The number of ether oxygens (including phenoxy) is 1. The average molecular weight is 294 g/mol. The number of allylic oxidation sites excluding steroid dienone is 1. The zero-order chi connectivity index (χ0) is 15.7. The number of benzene rings is 2. The highest BCUT2D eigenvalue weighted by molar-refractivity contribution is 6.62. The summed E-state index contributed by atoms with van der Waals surface area (Å²) in [5.41, 5.74) is 1.15. The Kier molecular flexibility index (Phi) is 3.51. The molecule has 0 aliphatic heterocycles. The highest BCUT2D eigenvalue weighted by Gasteiger charge is 2.33. The van der Waals surface area contributed by atoms with Gasteiger partial charge in [-0.2, -0.15) is 0 Å². The standard InChI is InChI=1S/C18H14O4/c1-2-22-12-9-7-11(8-10-12)15-16(19)13-5-3-4-6-14(13)17(20)18(15)21/h3-10,19H,2H2,1H3. The van der Waals surface area contributed by atoms with E-state index < -0.39 is 11.6 Å². The summed E-state index contributed by atoms with van der Waals surface area (Å²) in [5, 5.41) is 10.4. The molecule has 0 radical (unpaired) electrons. The normalized spacial score (nSPS) is 14.0. The molecule has 110 valence electrons. The van der Waals surface area contributed by atoms with Crippen LogP contribution in [0.3, 0.4) is 0 Å². The van der Waals surface area contributed by atoms with E-state index in [9.17, 15) is 14.7 Å². The van der Waals surface area contributed by atoms with Crippen molar-refractivity contribution in [1.29, 1.82) is 0 Å². The molecular weight excluding hydrogens is 280 g/mol. The third kappa shape index (κ3) is 2.19. The molecule has 0 spiro atoms. The highest BCUT2D eigenvalue weighted by atomic mass is 16.5. The Morgan fingerprint density at radius 1 is 0.909 bits per heavy atom. The van der Waals surface area contributed by atoms with E-state index in [1.165, 1.54) is 0 Å². The van der Waals surface area contributed by atoms with Crippen LogP contribution in [-0.2, 0) is 4.79 Å². The van der Waals surface area contributed by atoms with Crippen molar-refractivity contribution in [3.63, 3.8) is 0 Å². The minimum Gasteiger partial charge on any atom is -0.506 e. The van der Waals surface area contributed by atoms with Crippen molar-refractivity contribution in [3.8, 4) is 5.75 Å². The minimum absolute atomic E-state index is 0.0340. The molecule has 0 bridgehead atoms. The van der Waals surface area contributed by atoms with E-state index in [4.69, 9.17) is 4.74 Å². The Morgan fingerprint density at radius 3 is 2.18 bits per heavy atom. The number of hydrogen-bond donors (Lipinski definition) is 1. The molecule has 1 aliphatic carbocycles. The van der Waals surface area contributed by atoms with Crippen LogP contribution in [0, 0.1) is 0 Å². The van der Waals surface area contributed by atoms with E-state index in [1.54, 1.807) is 48.5 Å². The fourth-order valence-corrected chi connectivity index (χ4v) is 2.52. The van der Waals surface area contributed by atoms with Gasteiger partial charge < -0.3 is 9.84 Å². The lowest BCUT2D eigenvalue weighted by Gasteiger charge is -2.18. The van der Waals surface area contributed by atoms with Crippen molar-refractivity contribution in [2.45, 2.75) is 6.92 Å². The Balaban J connectivity index is 2.13. The van der Waals surface area contributed by atoms with Crippen LogP contribution in [-0.4, -0.2) is 23.3 Å². The van der Waals surface area contributed by atoms with Crippen molar-refractivity contribution in [2.75, 3.05) is 6.61 Å². The maximum Gasteiger partial charge on any atom is 0.237 e. The molecule has 22 heavy (non-hydrogen) atoms. The van der Waals surface area contributed by atoms with Crippen LogP contribution in [0.2, 0.25) is 0 Å². The van der Waals surface area contributed by atoms with Crippen molar-refractivity contribution >= 4 is 22.9 Å². The fraction of sp³-hybridized carbons (Fsp3) is 0.111. The highest BCUT2D eigenvalue weighted by Crippen LogP contribution is 2.33. The monoisotopic (exact) mass is 294 g/mol. The zero-order valence-corrected chi connectivity index (χ0v) is 12.0. The summed E-state index contributed by atoms with van der Waals surface area (Å²) in [4.78, 5) is 24.5. The van der Waals surface area contributed by atoms with Gasteiger partial charge >= 0.3 is 0 Å². The van der Waals surface area contributed by atoms with E-state index in [0.29, 0.717) is 23.5 Å². The number of aliphatic hydroxyl groups excluding tert-OH is 1. The second-order valence-electron chi connectivity index (χ2n) is 4.88. The molecule has 0 fully saturated rings. The second-order valence-corrected chi connectivity index (χ2v) is 4.88. The summed E-state index contributed by atoms with van der Waals surface area (Å²) >= 11 is 0. The second kappa shape index (κ2) is 5.48. The first kappa shape index (κ1) is 14.1. The lowest BCUT2D eigenvalue weighted by atomic mass is 9.85. The molecule has 0 saturated carbocycles. The summed E-state index contributed by atoms with van der Waals surface area (Å²) in [7, 11) is 0. The van der Waals surface area contributed by atoms with E-state index in [1.807, 2.05) is 6.92 Å². The predicted octanol–water partition coefficient (Wildman–Crippen LogP) is 3.28. The van der Waals surface area contributed by atoms with E-state index in [2.05, 4.69) is 0 Å². The average Bonchev–Trinajstić information content (AvgIpc) is 2.55. The Labute approximate surface area is 127 Å². The Hall–Kier alpha value is -2.88. The number of fused-ring (bicyclic) bond motifs is 1. The number of ketones is 2. The fourth-order valence-electron chi connectivity index (χ4n) is 2.52. The predicted molar refractivity (Wildman–Crippen MR) is 82.8 cm³/mol. The van der Waals surface area contributed by atoms with Crippen LogP contribution >= 0.6 is 0 Å². The molecule has 2 aromatic rings. The van der Waals surface area contributed by atoms with Gasteiger partial charge in [-0.3, -0.25) is 9.59 Å². The summed E-state index contributed by atoms with van der Waals surface area (Å²) in [6, 6.07) is 13.3. The molecule has 1 N–H and O–H groups in total. The Bertz CT molecular complexity index is 785. The lowest BCUT2D eigenvalue weighted by Crippen LogP contribution is -2.23. The van der Waals surface area contributed by atoms with Crippen LogP contribution in [0.25, 0.3) is 11.3 Å². The van der Waals surface area contributed by atoms with Gasteiger partial charge in [0.1, 0.15) is 11.5 Å². The van der Waals surface area contributed by atoms with Crippen molar-refractivity contribution < 1.29 is 19.4 Å². The van der Waals surface area contributed by atoms with Gasteiger partial charge in [0.05, 0.1) is 12.2 Å². The van der Waals surface area contributed by atoms with Crippen LogP contribution in [0.4, 0.5) is 0 Å². The van der Waals surface area contributed by atoms with Crippen molar-refractivity contribution in [1.82, 2.24) is 0 Å². The summed E-state index contributed by atoms with van der Waals surface area (Å²) in [6.45, 7) is 2.42. The Morgan fingerprint density at radius 2 is 1.55 bits per heavy atom. The van der Waals surface area contributed by atoms with Gasteiger partial charge in [-0.05, 0) is 24.6 Å². The summed E-state index contributed by atoms with van der Waals surface area (Å²) < 4.78 is 5.35. The first-order valence-corrected chi connectivity index (χ1v) is 6.98. The van der Waals surface area contributed by atoms with Crippen LogP contribution in [0.1, 0.15) is 28.4 Å². The van der Waals surface area contributed by atoms with Gasteiger partial charge in [0, 0.05) is 11.1 Å². The van der Waals surface area contributed by atoms with E-state index >= 15 is 0 Å². The maximum atomic E-state index is 12.3. The molecule has 4 nitrogen and oxygen atoms in total. The van der Waals surface area contributed by atoms with E-state index in [-0.39, 0.29) is 16.9 Å². The quantitative estimate of drug-likeness (QED) is 0.882. The maximum absolute atomic E-state index is 12.3. The molecule has 2 aromatic carbocycles. The molecule has 0 saturated heterocycles. The van der Waals surface area contributed by atoms with E-state index in [0.717, 1.165) is 0 Å². The SMILES string of the molecule is CCOc1ccc(C2=C(O)c3ccccc3C(=O)C2=O)cc1. The first-order valence-electron chi connectivity index (χ1n) is 6.98. The first-order chi connectivity index (χ1) is 10.6. The molecule has 0 unspecified atom stereocenters. The lowest BCUT2D eigenvalue weighted by molar-refractivity contribution is -0.110. The number of aliphatic hydroxyl groups is 1. The molecule has 0 aromatic heterocycles.